The Morgan fingerprint density at radius 1 is 1.38 bits per heavy atom. The highest BCUT2D eigenvalue weighted by molar-refractivity contribution is 5.13. The second kappa shape index (κ2) is 5.40. The summed E-state index contributed by atoms with van der Waals surface area (Å²) in [7, 11) is 0. The molecule has 1 atom stereocenters. The summed E-state index contributed by atoms with van der Waals surface area (Å²) in [6.45, 7) is 2.62. The van der Waals surface area contributed by atoms with Crippen LogP contribution < -0.4 is 0 Å². The fourth-order valence-electron chi connectivity index (χ4n) is 1.05. The lowest BCUT2D eigenvalue weighted by Crippen LogP contribution is -2.08. The van der Waals surface area contributed by atoms with Gasteiger partial charge in [-0.05, 0) is 12.0 Å². The van der Waals surface area contributed by atoms with Crippen LogP contribution in [-0.2, 0) is 11.3 Å². The number of terminal acetylenes is 1. The third kappa shape index (κ3) is 3.31. The molecular formula is C12H14O. The van der Waals surface area contributed by atoms with E-state index < -0.39 is 0 Å². The van der Waals surface area contributed by atoms with Crippen molar-refractivity contribution in [2.24, 2.45) is 0 Å². The molecular weight excluding hydrogens is 160 g/mol. The summed E-state index contributed by atoms with van der Waals surface area (Å²) < 4.78 is 5.49. The molecule has 0 fully saturated rings. The molecule has 0 aliphatic carbocycles. The first kappa shape index (κ1) is 9.83. The fourth-order valence-corrected chi connectivity index (χ4v) is 1.05. The lowest BCUT2D eigenvalue weighted by Gasteiger charge is -2.09. The zero-order chi connectivity index (χ0) is 9.52. The molecule has 1 nitrogen and oxygen atoms in total. The molecule has 0 N–H and O–H groups in total. The zero-order valence-electron chi connectivity index (χ0n) is 7.86. The Hall–Kier alpha value is -1.26. The van der Waals surface area contributed by atoms with Crippen molar-refractivity contribution in [3.8, 4) is 12.3 Å². The van der Waals surface area contributed by atoms with Crippen molar-refractivity contribution >= 4 is 0 Å². The number of benzene rings is 1. The minimum atomic E-state index is -0.0554. The van der Waals surface area contributed by atoms with Gasteiger partial charge in [-0.2, -0.15) is 0 Å². The summed E-state index contributed by atoms with van der Waals surface area (Å²) in [5.74, 6) is 2.60. The molecule has 1 aromatic rings. The number of ether oxygens (including phenoxy) is 1. The van der Waals surface area contributed by atoms with Crippen LogP contribution in [-0.4, -0.2) is 6.10 Å². The average Bonchev–Trinajstić information content (AvgIpc) is 2.21. The van der Waals surface area contributed by atoms with Crippen molar-refractivity contribution in [2.75, 3.05) is 0 Å². The Balaban J connectivity index is 2.40. The molecule has 0 aromatic heterocycles. The van der Waals surface area contributed by atoms with Gasteiger partial charge in [0.2, 0.25) is 0 Å². The van der Waals surface area contributed by atoms with E-state index in [1.165, 1.54) is 0 Å². The largest absolute Gasteiger partial charge is 0.361 e. The van der Waals surface area contributed by atoms with E-state index >= 15 is 0 Å². The van der Waals surface area contributed by atoms with Crippen molar-refractivity contribution < 1.29 is 4.74 Å². The molecule has 0 radical (unpaired) electrons. The van der Waals surface area contributed by atoms with Crippen LogP contribution in [0, 0.1) is 12.3 Å². The SMILES string of the molecule is C#CC(CC)OCc1ccccc1. The van der Waals surface area contributed by atoms with E-state index in [0.717, 1.165) is 12.0 Å². The highest BCUT2D eigenvalue weighted by atomic mass is 16.5. The first-order valence-corrected chi connectivity index (χ1v) is 4.48. The van der Waals surface area contributed by atoms with Crippen molar-refractivity contribution in [2.45, 2.75) is 26.1 Å². The van der Waals surface area contributed by atoms with Gasteiger partial charge in [0.1, 0.15) is 6.10 Å². The van der Waals surface area contributed by atoms with Gasteiger partial charge in [-0.15, -0.1) is 6.42 Å². The van der Waals surface area contributed by atoms with E-state index in [1.54, 1.807) is 0 Å². The van der Waals surface area contributed by atoms with Gasteiger partial charge in [0, 0.05) is 0 Å². The van der Waals surface area contributed by atoms with E-state index in [1.807, 2.05) is 37.3 Å². The number of hydrogen-bond acceptors (Lipinski definition) is 1. The van der Waals surface area contributed by atoms with Gasteiger partial charge in [0.15, 0.2) is 0 Å². The molecule has 0 aliphatic rings. The molecule has 0 spiro atoms. The maximum Gasteiger partial charge on any atom is 0.118 e. The van der Waals surface area contributed by atoms with E-state index in [0.29, 0.717) is 6.61 Å². The molecule has 0 saturated heterocycles. The Kier molecular flexibility index (Phi) is 4.08. The van der Waals surface area contributed by atoms with E-state index in [4.69, 9.17) is 11.2 Å². The fraction of sp³-hybridized carbons (Fsp3) is 0.333. The van der Waals surface area contributed by atoms with Crippen LogP contribution in [0.4, 0.5) is 0 Å². The highest BCUT2D eigenvalue weighted by Crippen LogP contribution is 2.04. The van der Waals surface area contributed by atoms with Crippen LogP contribution in [0.1, 0.15) is 18.9 Å². The second-order valence-electron chi connectivity index (χ2n) is 2.86. The van der Waals surface area contributed by atoms with Gasteiger partial charge >= 0.3 is 0 Å². The predicted molar refractivity (Wildman–Crippen MR) is 54.1 cm³/mol. The van der Waals surface area contributed by atoms with Gasteiger partial charge < -0.3 is 4.74 Å². The minimum absolute atomic E-state index is 0.0554. The lowest BCUT2D eigenvalue weighted by molar-refractivity contribution is 0.0760. The Bertz CT molecular complexity index is 271. The number of rotatable bonds is 4. The van der Waals surface area contributed by atoms with Crippen molar-refractivity contribution in [1.29, 1.82) is 0 Å². The van der Waals surface area contributed by atoms with Crippen LogP contribution in [0.3, 0.4) is 0 Å². The molecule has 1 heteroatoms. The quantitative estimate of drug-likeness (QED) is 0.637. The van der Waals surface area contributed by atoms with Crippen LogP contribution >= 0.6 is 0 Å². The van der Waals surface area contributed by atoms with Crippen molar-refractivity contribution in [3.63, 3.8) is 0 Å². The molecule has 0 amide bonds. The molecule has 13 heavy (non-hydrogen) atoms. The van der Waals surface area contributed by atoms with Gasteiger partial charge in [0.25, 0.3) is 0 Å². The molecule has 1 aromatic carbocycles. The third-order valence-electron chi connectivity index (χ3n) is 1.85. The van der Waals surface area contributed by atoms with E-state index in [9.17, 15) is 0 Å². The monoisotopic (exact) mass is 174 g/mol. The van der Waals surface area contributed by atoms with Crippen LogP contribution in [0.2, 0.25) is 0 Å². The topological polar surface area (TPSA) is 9.23 Å². The van der Waals surface area contributed by atoms with Gasteiger partial charge in [-0.25, -0.2) is 0 Å². The van der Waals surface area contributed by atoms with Crippen LogP contribution in [0.15, 0.2) is 30.3 Å². The van der Waals surface area contributed by atoms with Crippen LogP contribution in [0.25, 0.3) is 0 Å². The predicted octanol–water partition coefficient (Wildman–Crippen LogP) is 2.62. The van der Waals surface area contributed by atoms with Crippen molar-refractivity contribution in [3.05, 3.63) is 35.9 Å². The summed E-state index contributed by atoms with van der Waals surface area (Å²) in [5.41, 5.74) is 1.16. The van der Waals surface area contributed by atoms with Crippen molar-refractivity contribution in [1.82, 2.24) is 0 Å². The van der Waals surface area contributed by atoms with E-state index in [2.05, 4.69) is 5.92 Å². The Labute approximate surface area is 79.7 Å². The Morgan fingerprint density at radius 3 is 2.62 bits per heavy atom. The maximum atomic E-state index is 5.49. The van der Waals surface area contributed by atoms with Gasteiger partial charge in [-0.1, -0.05) is 43.2 Å². The summed E-state index contributed by atoms with van der Waals surface area (Å²) in [5, 5.41) is 0. The average molecular weight is 174 g/mol. The molecule has 0 aliphatic heterocycles. The van der Waals surface area contributed by atoms with Gasteiger partial charge in [0.05, 0.1) is 6.61 Å². The highest BCUT2D eigenvalue weighted by Gasteiger charge is 2.00. The third-order valence-corrected chi connectivity index (χ3v) is 1.85. The van der Waals surface area contributed by atoms with Crippen LogP contribution in [0.5, 0.6) is 0 Å². The molecule has 68 valence electrons. The first-order valence-electron chi connectivity index (χ1n) is 4.48. The standard InChI is InChI=1S/C12H14O/c1-3-12(4-2)13-10-11-8-6-5-7-9-11/h1,5-9,12H,4,10H2,2H3. The summed E-state index contributed by atoms with van der Waals surface area (Å²) in [4.78, 5) is 0. The smallest absolute Gasteiger partial charge is 0.118 e. The summed E-state index contributed by atoms with van der Waals surface area (Å²) >= 11 is 0. The van der Waals surface area contributed by atoms with E-state index in [-0.39, 0.29) is 6.10 Å². The van der Waals surface area contributed by atoms with Gasteiger partial charge in [-0.3, -0.25) is 0 Å². The summed E-state index contributed by atoms with van der Waals surface area (Å²) in [6.07, 6.45) is 6.08. The molecule has 1 rings (SSSR count). The Morgan fingerprint density at radius 2 is 2.08 bits per heavy atom. The molecule has 0 heterocycles. The molecule has 1 unspecified atom stereocenters. The lowest BCUT2D eigenvalue weighted by atomic mass is 10.2. The first-order chi connectivity index (χ1) is 6.36. The molecule has 0 saturated carbocycles. The normalized spacial score (nSPS) is 12.0. The zero-order valence-corrected chi connectivity index (χ0v) is 7.86. The summed E-state index contributed by atoms with van der Waals surface area (Å²) in [6, 6.07) is 10.0. The minimum Gasteiger partial charge on any atom is -0.361 e. The number of hydrogen-bond donors (Lipinski definition) is 0. The molecule has 0 bridgehead atoms. The maximum absolute atomic E-state index is 5.49. The second-order valence-corrected chi connectivity index (χ2v) is 2.86.